The Morgan fingerprint density at radius 3 is 3.00 bits per heavy atom. The Kier molecular flexibility index (Phi) is 3.02. The lowest BCUT2D eigenvalue weighted by molar-refractivity contribution is 0.0887. The molecule has 2 heterocycles. The molecule has 1 saturated heterocycles. The SMILES string of the molecule is Cc1cc(C(O)C2CCOC2)nc2ccccc12. The average Bonchev–Trinajstić information content (AvgIpc) is 2.91. The molecule has 94 valence electrons. The van der Waals surface area contributed by atoms with Gasteiger partial charge >= 0.3 is 0 Å². The van der Waals surface area contributed by atoms with E-state index in [1.165, 1.54) is 0 Å². The smallest absolute Gasteiger partial charge is 0.101 e. The van der Waals surface area contributed by atoms with Crippen LogP contribution in [-0.4, -0.2) is 23.3 Å². The van der Waals surface area contributed by atoms with E-state index in [1.54, 1.807) is 0 Å². The molecule has 0 bridgehead atoms. The van der Waals surface area contributed by atoms with Crippen molar-refractivity contribution in [1.82, 2.24) is 4.98 Å². The van der Waals surface area contributed by atoms with Gasteiger partial charge in [-0.05, 0) is 31.0 Å². The number of aliphatic hydroxyl groups is 1. The molecule has 0 amide bonds. The van der Waals surface area contributed by atoms with Crippen molar-refractivity contribution in [2.75, 3.05) is 13.2 Å². The Hall–Kier alpha value is -1.45. The molecule has 3 nitrogen and oxygen atoms in total. The molecule has 1 aliphatic heterocycles. The summed E-state index contributed by atoms with van der Waals surface area (Å²) in [5, 5.41) is 11.5. The van der Waals surface area contributed by atoms with Gasteiger partial charge in [-0.1, -0.05) is 18.2 Å². The van der Waals surface area contributed by atoms with Crippen LogP contribution >= 0.6 is 0 Å². The van der Waals surface area contributed by atoms with Gasteiger partial charge in [-0.3, -0.25) is 4.98 Å². The summed E-state index contributed by atoms with van der Waals surface area (Å²) in [6.07, 6.45) is 0.394. The molecular formula is C15H17NO2. The molecular weight excluding hydrogens is 226 g/mol. The van der Waals surface area contributed by atoms with Gasteiger partial charge < -0.3 is 9.84 Å². The van der Waals surface area contributed by atoms with Crippen molar-refractivity contribution >= 4 is 10.9 Å². The lowest BCUT2D eigenvalue weighted by Gasteiger charge is -2.17. The summed E-state index contributed by atoms with van der Waals surface area (Å²) in [4.78, 5) is 4.58. The fraction of sp³-hybridized carbons (Fsp3) is 0.400. The fourth-order valence-electron chi connectivity index (χ4n) is 2.57. The highest BCUT2D eigenvalue weighted by molar-refractivity contribution is 5.82. The number of nitrogens with zero attached hydrogens (tertiary/aromatic N) is 1. The molecule has 2 atom stereocenters. The third kappa shape index (κ3) is 2.00. The van der Waals surface area contributed by atoms with Gasteiger partial charge in [-0.2, -0.15) is 0 Å². The van der Waals surface area contributed by atoms with E-state index in [9.17, 15) is 5.11 Å². The maximum atomic E-state index is 10.4. The molecule has 1 aromatic heterocycles. The number of benzene rings is 1. The van der Waals surface area contributed by atoms with Crippen LogP contribution in [0.1, 0.15) is 23.8 Å². The van der Waals surface area contributed by atoms with Crippen LogP contribution < -0.4 is 0 Å². The van der Waals surface area contributed by atoms with Crippen molar-refractivity contribution in [3.05, 3.63) is 41.6 Å². The Balaban J connectivity index is 2.01. The number of ether oxygens (including phenoxy) is 1. The number of aliphatic hydroxyl groups excluding tert-OH is 1. The molecule has 18 heavy (non-hydrogen) atoms. The topological polar surface area (TPSA) is 42.4 Å². The molecule has 1 N–H and O–H groups in total. The number of hydrogen-bond acceptors (Lipinski definition) is 3. The first-order valence-corrected chi connectivity index (χ1v) is 6.38. The minimum atomic E-state index is -0.518. The molecule has 2 aromatic rings. The third-order valence-corrected chi connectivity index (χ3v) is 3.66. The summed E-state index contributed by atoms with van der Waals surface area (Å²) >= 11 is 0. The van der Waals surface area contributed by atoms with Crippen molar-refractivity contribution in [1.29, 1.82) is 0 Å². The van der Waals surface area contributed by atoms with Gasteiger partial charge in [0.15, 0.2) is 0 Å². The second-order valence-electron chi connectivity index (χ2n) is 4.95. The summed E-state index contributed by atoms with van der Waals surface area (Å²) < 4.78 is 5.33. The highest BCUT2D eigenvalue weighted by Gasteiger charge is 2.26. The zero-order valence-corrected chi connectivity index (χ0v) is 10.5. The second-order valence-corrected chi connectivity index (χ2v) is 4.95. The van der Waals surface area contributed by atoms with E-state index in [-0.39, 0.29) is 5.92 Å². The van der Waals surface area contributed by atoms with Gasteiger partial charge in [0.2, 0.25) is 0 Å². The summed E-state index contributed by atoms with van der Waals surface area (Å²) in [6.45, 7) is 3.44. The van der Waals surface area contributed by atoms with Crippen molar-refractivity contribution in [3.8, 4) is 0 Å². The zero-order valence-electron chi connectivity index (χ0n) is 10.5. The molecule has 0 saturated carbocycles. The predicted octanol–water partition coefficient (Wildman–Crippen LogP) is 2.61. The Labute approximate surface area is 106 Å². The van der Waals surface area contributed by atoms with Crippen LogP contribution in [0.3, 0.4) is 0 Å². The number of rotatable bonds is 2. The van der Waals surface area contributed by atoms with Gasteiger partial charge in [0.25, 0.3) is 0 Å². The van der Waals surface area contributed by atoms with E-state index < -0.39 is 6.10 Å². The van der Waals surface area contributed by atoms with Gasteiger partial charge in [0.1, 0.15) is 6.10 Å². The average molecular weight is 243 g/mol. The maximum Gasteiger partial charge on any atom is 0.101 e. The maximum absolute atomic E-state index is 10.4. The second kappa shape index (κ2) is 4.67. The molecule has 1 aromatic carbocycles. The highest BCUT2D eigenvalue weighted by atomic mass is 16.5. The van der Waals surface area contributed by atoms with Crippen LogP contribution in [0.15, 0.2) is 30.3 Å². The van der Waals surface area contributed by atoms with Gasteiger partial charge in [-0.25, -0.2) is 0 Å². The highest BCUT2D eigenvalue weighted by Crippen LogP contribution is 2.29. The van der Waals surface area contributed by atoms with Gasteiger partial charge in [0, 0.05) is 17.9 Å². The predicted molar refractivity (Wildman–Crippen MR) is 70.4 cm³/mol. The standard InChI is InChI=1S/C15H17NO2/c1-10-8-14(15(17)11-6-7-18-9-11)16-13-5-3-2-4-12(10)13/h2-5,8,11,15,17H,6-7,9H2,1H3. The molecule has 0 spiro atoms. The first kappa shape index (κ1) is 11.6. The summed E-state index contributed by atoms with van der Waals surface area (Å²) in [7, 11) is 0. The van der Waals surface area contributed by atoms with E-state index >= 15 is 0 Å². The molecule has 2 unspecified atom stereocenters. The zero-order chi connectivity index (χ0) is 12.5. The quantitative estimate of drug-likeness (QED) is 0.881. The Morgan fingerprint density at radius 1 is 1.39 bits per heavy atom. The molecule has 3 rings (SSSR count). The number of para-hydroxylation sites is 1. The monoisotopic (exact) mass is 243 g/mol. The summed E-state index contributed by atoms with van der Waals surface area (Å²) in [5.74, 6) is 0.179. The normalized spacial score (nSPS) is 21.3. The first-order chi connectivity index (χ1) is 8.75. The van der Waals surface area contributed by atoms with Gasteiger partial charge in [-0.15, -0.1) is 0 Å². The van der Waals surface area contributed by atoms with Crippen molar-refractivity contribution in [2.45, 2.75) is 19.4 Å². The van der Waals surface area contributed by atoms with Crippen LogP contribution in [0.4, 0.5) is 0 Å². The van der Waals surface area contributed by atoms with Crippen LogP contribution in [0, 0.1) is 12.8 Å². The minimum absolute atomic E-state index is 0.179. The van der Waals surface area contributed by atoms with Crippen LogP contribution in [0.2, 0.25) is 0 Å². The largest absolute Gasteiger partial charge is 0.386 e. The number of hydrogen-bond donors (Lipinski definition) is 1. The summed E-state index contributed by atoms with van der Waals surface area (Å²) in [6, 6.07) is 10.0. The van der Waals surface area contributed by atoms with E-state index in [4.69, 9.17) is 4.74 Å². The first-order valence-electron chi connectivity index (χ1n) is 6.38. The number of aryl methyl sites for hydroxylation is 1. The van der Waals surface area contributed by atoms with E-state index in [1.807, 2.05) is 24.3 Å². The van der Waals surface area contributed by atoms with Gasteiger partial charge in [0.05, 0.1) is 17.8 Å². The molecule has 0 aliphatic carbocycles. The lowest BCUT2D eigenvalue weighted by Crippen LogP contribution is -2.14. The van der Waals surface area contributed by atoms with Crippen molar-refractivity contribution in [3.63, 3.8) is 0 Å². The lowest BCUT2D eigenvalue weighted by atomic mass is 9.97. The number of pyridine rings is 1. The third-order valence-electron chi connectivity index (χ3n) is 3.66. The van der Waals surface area contributed by atoms with Crippen molar-refractivity contribution in [2.24, 2.45) is 5.92 Å². The van der Waals surface area contributed by atoms with Crippen molar-refractivity contribution < 1.29 is 9.84 Å². The van der Waals surface area contributed by atoms with Crippen LogP contribution in [-0.2, 0) is 4.74 Å². The molecule has 0 radical (unpaired) electrons. The number of fused-ring (bicyclic) bond motifs is 1. The fourth-order valence-corrected chi connectivity index (χ4v) is 2.57. The molecule has 3 heteroatoms. The molecule has 1 aliphatic rings. The molecule has 1 fully saturated rings. The summed E-state index contributed by atoms with van der Waals surface area (Å²) in [5.41, 5.74) is 2.88. The Morgan fingerprint density at radius 2 is 2.22 bits per heavy atom. The Bertz CT molecular complexity index is 561. The van der Waals surface area contributed by atoms with Crippen LogP contribution in [0.25, 0.3) is 10.9 Å². The minimum Gasteiger partial charge on any atom is -0.386 e. The van der Waals surface area contributed by atoms with E-state index in [2.05, 4.69) is 18.0 Å². The van der Waals surface area contributed by atoms with E-state index in [0.717, 1.165) is 35.2 Å². The number of aromatic nitrogens is 1. The van der Waals surface area contributed by atoms with Crippen LogP contribution in [0.5, 0.6) is 0 Å². The van der Waals surface area contributed by atoms with E-state index in [0.29, 0.717) is 6.61 Å².